The smallest absolute Gasteiger partial charge is 0.346 e. The maximum Gasteiger partial charge on any atom is 0.346 e. The van der Waals surface area contributed by atoms with Gasteiger partial charge in [-0.1, -0.05) is 30.3 Å². The Morgan fingerprint density at radius 1 is 1.00 bits per heavy atom. The van der Waals surface area contributed by atoms with Gasteiger partial charge in [-0.15, -0.1) is 0 Å². The van der Waals surface area contributed by atoms with Crippen LogP contribution in [0.3, 0.4) is 0 Å². The molecule has 2 aromatic carbocycles. The summed E-state index contributed by atoms with van der Waals surface area (Å²) in [5.41, 5.74) is -0.183. The average molecular weight is 330 g/mol. The number of hydrogen-bond donors (Lipinski definition) is 0. The zero-order chi connectivity index (χ0) is 16.4. The number of pyridine rings is 1. The average Bonchev–Trinajstić information content (AvgIpc) is 2.55. The van der Waals surface area contributed by atoms with Crippen LogP contribution in [0, 0.1) is 10.1 Å². The third kappa shape index (κ3) is 2.84. The van der Waals surface area contributed by atoms with Crippen molar-refractivity contribution in [3.8, 4) is 5.75 Å². The maximum atomic E-state index is 12.4. The molecule has 0 amide bonds. The molecular weight excluding hydrogens is 320 g/mol. The van der Waals surface area contributed by atoms with Crippen molar-refractivity contribution in [3.05, 3.63) is 70.9 Å². The van der Waals surface area contributed by atoms with Gasteiger partial charge in [-0.05, 0) is 18.2 Å². The fraction of sp³-hybridized carbons (Fsp3) is 0. The molecule has 0 unspecified atom stereocenters. The van der Waals surface area contributed by atoms with Crippen molar-refractivity contribution >= 4 is 26.7 Å². The second kappa shape index (κ2) is 5.65. The Bertz CT molecular complexity index is 996. The summed E-state index contributed by atoms with van der Waals surface area (Å²) < 4.78 is 29.9. The van der Waals surface area contributed by atoms with Gasteiger partial charge in [0.1, 0.15) is 5.52 Å². The Hall–Kier alpha value is -3.00. The summed E-state index contributed by atoms with van der Waals surface area (Å²) in [5.74, 6) is 0.0150. The lowest BCUT2D eigenvalue weighted by Crippen LogP contribution is -2.12. The monoisotopic (exact) mass is 330 g/mol. The highest BCUT2D eigenvalue weighted by molar-refractivity contribution is 7.87. The Morgan fingerprint density at radius 3 is 2.52 bits per heavy atom. The molecule has 3 rings (SSSR count). The lowest BCUT2D eigenvalue weighted by Gasteiger charge is -2.09. The van der Waals surface area contributed by atoms with E-state index >= 15 is 0 Å². The molecule has 0 bridgehead atoms. The van der Waals surface area contributed by atoms with Crippen molar-refractivity contribution in [2.24, 2.45) is 0 Å². The predicted molar refractivity (Wildman–Crippen MR) is 82.7 cm³/mol. The van der Waals surface area contributed by atoms with E-state index in [0.717, 1.165) is 12.1 Å². The van der Waals surface area contributed by atoms with Crippen molar-refractivity contribution < 1.29 is 17.5 Å². The van der Waals surface area contributed by atoms with Crippen molar-refractivity contribution in [2.75, 3.05) is 0 Å². The highest BCUT2D eigenvalue weighted by atomic mass is 32.2. The first kappa shape index (κ1) is 14.9. The Kier molecular flexibility index (Phi) is 3.67. The van der Waals surface area contributed by atoms with Crippen LogP contribution in [0.5, 0.6) is 5.75 Å². The minimum Gasteiger partial charge on any atom is -0.376 e. The number of aromatic nitrogens is 1. The molecule has 0 saturated carbocycles. The quantitative estimate of drug-likeness (QED) is 0.414. The molecule has 0 saturated heterocycles. The molecule has 3 aromatic rings. The molecule has 1 heterocycles. The van der Waals surface area contributed by atoms with Gasteiger partial charge in [0, 0.05) is 17.6 Å². The minimum atomic E-state index is -4.36. The summed E-state index contributed by atoms with van der Waals surface area (Å²) in [6.45, 7) is 0. The molecule has 116 valence electrons. The zero-order valence-corrected chi connectivity index (χ0v) is 12.4. The van der Waals surface area contributed by atoms with Gasteiger partial charge in [0.2, 0.25) is 0 Å². The first-order chi connectivity index (χ1) is 11.0. The number of rotatable bonds is 4. The summed E-state index contributed by atoms with van der Waals surface area (Å²) >= 11 is 0. The van der Waals surface area contributed by atoms with Crippen molar-refractivity contribution in [2.45, 2.75) is 4.90 Å². The summed E-state index contributed by atoms with van der Waals surface area (Å²) in [4.78, 5) is 13.8. The molecular formula is C15H10N2O5S. The van der Waals surface area contributed by atoms with Gasteiger partial charge in [-0.25, -0.2) is 0 Å². The van der Waals surface area contributed by atoms with Crippen molar-refractivity contribution in [1.82, 2.24) is 4.98 Å². The number of fused-ring (bicyclic) bond motifs is 1. The van der Waals surface area contributed by atoms with Crippen LogP contribution in [0.4, 0.5) is 5.69 Å². The molecule has 0 aliphatic carbocycles. The summed E-state index contributed by atoms with van der Waals surface area (Å²) in [6, 6.07) is 13.3. The van der Waals surface area contributed by atoms with Crippen molar-refractivity contribution in [1.29, 1.82) is 0 Å². The lowest BCUT2D eigenvalue weighted by atomic mass is 10.2. The molecule has 7 nitrogen and oxygen atoms in total. The highest BCUT2D eigenvalue weighted by Gasteiger charge is 2.27. The number of benzene rings is 2. The van der Waals surface area contributed by atoms with E-state index in [2.05, 4.69) is 4.98 Å². The topological polar surface area (TPSA) is 99.4 Å². The fourth-order valence-corrected chi connectivity index (χ4v) is 3.23. The van der Waals surface area contributed by atoms with E-state index in [1.807, 2.05) is 0 Å². The second-order valence-corrected chi connectivity index (χ2v) is 6.11. The van der Waals surface area contributed by atoms with Gasteiger partial charge in [0.25, 0.3) is 5.69 Å². The zero-order valence-electron chi connectivity index (χ0n) is 11.6. The normalized spacial score (nSPS) is 11.3. The van der Waals surface area contributed by atoms with E-state index in [1.165, 1.54) is 24.4 Å². The number of nitro benzene ring substituents is 1. The fourth-order valence-electron chi connectivity index (χ4n) is 2.13. The minimum absolute atomic E-state index is 0.0150. The van der Waals surface area contributed by atoms with E-state index in [9.17, 15) is 18.5 Å². The van der Waals surface area contributed by atoms with Gasteiger partial charge < -0.3 is 4.18 Å². The number of hydrogen-bond acceptors (Lipinski definition) is 6. The number of nitrogens with zero attached hydrogens (tertiary/aromatic N) is 2. The van der Waals surface area contributed by atoms with E-state index in [-0.39, 0.29) is 5.75 Å². The first-order valence-corrected chi connectivity index (χ1v) is 7.91. The number of para-hydroxylation sites is 2. The third-order valence-corrected chi connectivity index (χ3v) is 4.41. The van der Waals surface area contributed by atoms with Gasteiger partial charge in [-0.3, -0.25) is 15.1 Å². The molecule has 0 N–H and O–H groups in total. The third-order valence-electron chi connectivity index (χ3n) is 3.13. The van der Waals surface area contributed by atoms with Crippen LogP contribution in [0.1, 0.15) is 0 Å². The molecule has 0 fully saturated rings. The molecule has 23 heavy (non-hydrogen) atoms. The van der Waals surface area contributed by atoms with Gasteiger partial charge in [-0.2, -0.15) is 8.42 Å². The lowest BCUT2D eigenvalue weighted by molar-refractivity contribution is -0.387. The van der Waals surface area contributed by atoms with Crippen LogP contribution in [-0.2, 0) is 10.1 Å². The summed E-state index contributed by atoms with van der Waals surface area (Å²) in [5, 5.41) is 11.7. The van der Waals surface area contributed by atoms with Crippen molar-refractivity contribution in [3.63, 3.8) is 0 Å². The predicted octanol–water partition coefficient (Wildman–Crippen LogP) is 2.91. The van der Waals surface area contributed by atoms with E-state index in [1.54, 1.807) is 24.3 Å². The molecule has 0 aliphatic heterocycles. The largest absolute Gasteiger partial charge is 0.376 e. The maximum absolute atomic E-state index is 12.4. The standard InChI is InChI=1S/C15H10N2O5S/c18-17(19)12-7-1-2-9-14(12)23(20,21)22-13-8-3-5-11-6-4-10-16-15(11)13/h1-10H. The first-order valence-electron chi connectivity index (χ1n) is 6.51. The molecule has 8 heteroatoms. The Morgan fingerprint density at radius 2 is 1.74 bits per heavy atom. The number of nitro groups is 1. The van der Waals surface area contributed by atoms with E-state index in [0.29, 0.717) is 10.9 Å². The summed E-state index contributed by atoms with van der Waals surface area (Å²) in [7, 11) is -4.36. The van der Waals surface area contributed by atoms with Crippen LogP contribution in [-0.4, -0.2) is 18.3 Å². The second-order valence-electron chi connectivity index (χ2n) is 4.59. The molecule has 1 aromatic heterocycles. The van der Waals surface area contributed by atoms with Crippen LogP contribution in [0.15, 0.2) is 65.7 Å². The van der Waals surface area contributed by atoms with Crippen LogP contribution >= 0.6 is 0 Å². The van der Waals surface area contributed by atoms with Gasteiger partial charge >= 0.3 is 10.1 Å². The SMILES string of the molecule is O=[N+]([O-])c1ccccc1S(=O)(=O)Oc1cccc2cccnc12. The van der Waals surface area contributed by atoms with Crippen LogP contribution in [0.2, 0.25) is 0 Å². The highest BCUT2D eigenvalue weighted by Crippen LogP contribution is 2.29. The Balaban J connectivity index is 2.10. The van der Waals surface area contributed by atoms with Gasteiger partial charge in [0.15, 0.2) is 10.6 Å². The molecule has 0 spiro atoms. The van der Waals surface area contributed by atoms with Crippen LogP contribution < -0.4 is 4.18 Å². The Labute approximate surface area is 131 Å². The molecule has 0 aliphatic rings. The summed E-state index contributed by atoms with van der Waals surface area (Å²) in [6.07, 6.45) is 1.51. The molecule has 0 atom stereocenters. The van der Waals surface area contributed by atoms with Crippen LogP contribution in [0.25, 0.3) is 10.9 Å². The van der Waals surface area contributed by atoms with Gasteiger partial charge in [0.05, 0.1) is 4.92 Å². The van der Waals surface area contributed by atoms with E-state index in [4.69, 9.17) is 4.18 Å². The molecule has 0 radical (unpaired) electrons. The van der Waals surface area contributed by atoms with E-state index < -0.39 is 25.6 Å².